The molecule has 0 saturated carbocycles. The van der Waals surface area contributed by atoms with Crippen LogP contribution in [0.5, 0.6) is 0 Å². The number of halogens is 1. The number of hydrogen-bond donors (Lipinski definition) is 1. The summed E-state index contributed by atoms with van der Waals surface area (Å²) in [6.07, 6.45) is 0. The summed E-state index contributed by atoms with van der Waals surface area (Å²) in [5, 5.41) is 8.96. The monoisotopic (exact) mass is 242 g/mol. The van der Waals surface area contributed by atoms with E-state index in [1.807, 2.05) is 0 Å². The van der Waals surface area contributed by atoms with Gasteiger partial charge in [0.05, 0.1) is 0 Å². The molecule has 6 heteroatoms. The van der Waals surface area contributed by atoms with E-state index in [1.54, 1.807) is 12.1 Å². The summed E-state index contributed by atoms with van der Waals surface area (Å²) in [6.45, 7) is 1.42. The fourth-order valence-corrected chi connectivity index (χ4v) is 1.21. The highest BCUT2D eigenvalue weighted by Crippen LogP contribution is 2.08. The van der Waals surface area contributed by atoms with Gasteiger partial charge in [0.15, 0.2) is 0 Å². The van der Waals surface area contributed by atoms with Crippen LogP contribution in [0.3, 0.4) is 0 Å². The van der Waals surface area contributed by atoms with Gasteiger partial charge in [-0.05, 0) is 19.1 Å². The maximum Gasteiger partial charge on any atom is 0.326 e. The Morgan fingerprint density at radius 3 is 2.62 bits per heavy atom. The number of likely N-dealkylation sites (N-methyl/N-ethyl adjacent to an activating group) is 1. The number of carboxylic acids is 1. The van der Waals surface area contributed by atoms with Crippen LogP contribution in [-0.4, -0.2) is 40.0 Å². The molecule has 0 saturated heterocycles. The molecule has 0 radical (unpaired) electrons. The molecular formula is C10H11ClN2O3. The van der Waals surface area contributed by atoms with Crippen molar-refractivity contribution in [3.8, 4) is 0 Å². The van der Waals surface area contributed by atoms with E-state index in [2.05, 4.69) is 4.98 Å². The molecule has 1 N–H and O–H groups in total. The summed E-state index contributed by atoms with van der Waals surface area (Å²) in [5.74, 6) is -1.55. The first-order chi connectivity index (χ1) is 7.43. The number of carbonyl (C=O) groups is 2. The first-order valence-electron chi connectivity index (χ1n) is 4.56. The Hall–Kier alpha value is -1.62. The molecule has 1 heterocycles. The van der Waals surface area contributed by atoms with E-state index in [1.165, 1.54) is 20.0 Å². The van der Waals surface area contributed by atoms with E-state index in [0.717, 1.165) is 4.90 Å². The van der Waals surface area contributed by atoms with Gasteiger partial charge in [-0.3, -0.25) is 4.79 Å². The fraction of sp³-hybridized carbons (Fsp3) is 0.300. The number of pyridine rings is 1. The molecule has 0 aromatic carbocycles. The fourth-order valence-electron chi connectivity index (χ4n) is 1.05. The second kappa shape index (κ2) is 4.94. The smallest absolute Gasteiger partial charge is 0.326 e. The van der Waals surface area contributed by atoms with Crippen molar-refractivity contribution in [3.63, 3.8) is 0 Å². The zero-order valence-electron chi connectivity index (χ0n) is 8.85. The highest BCUT2D eigenvalue weighted by Gasteiger charge is 2.23. The van der Waals surface area contributed by atoms with E-state index < -0.39 is 17.9 Å². The molecule has 0 aliphatic heterocycles. The standard InChI is InChI=1S/C10H11ClN2O3/c1-6(10(15)16)13(2)9(14)7-4-3-5-8(11)12-7/h3-6H,1-2H3,(H,15,16). The predicted octanol–water partition coefficient (Wildman–Crippen LogP) is 1.28. The summed E-state index contributed by atoms with van der Waals surface area (Å²) in [6, 6.07) is 3.70. The van der Waals surface area contributed by atoms with Crippen LogP contribution in [0.25, 0.3) is 0 Å². The van der Waals surface area contributed by atoms with Crippen molar-refractivity contribution in [1.82, 2.24) is 9.88 Å². The molecule has 0 spiro atoms. The third-order valence-corrected chi connectivity index (χ3v) is 2.40. The average molecular weight is 243 g/mol. The minimum absolute atomic E-state index is 0.128. The van der Waals surface area contributed by atoms with Gasteiger partial charge in [0.25, 0.3) is 5.91 Å². The second-order valence-electron chi connectivity index (χ2n) is 3.28. The number of aromatic nitrogens is 1. The van der Waals surface area contributed by atoms with Gasteiger partial charge in [-0.15, -0.1) is 0 Å². The van der Waals surface area contributed by atoms with Crippen molar-refractivity contribution in [2.24, 2.45) is 0 Å². The van der Waals surface area contributed by atoms with Crippen LogP contribution >= 0.6 is 11.6 Å². The largest absolute Gasteiger partial charge is 0.480 e. The molecule has 16 heavy (non-hydrogen) atoms. The first-order valence-corrected chi connectivity index (χ1v) is 4.94. The Balaban J connectivity index is 2.90. The van der Waals surface area contributed by atoms with E-state index in [-0.39, 0.29) is 10.8 Å². The highest BCUT2D eigenvalue weighted by molar-refractivity contribution is 6.29. The molecule has 1 unspecified atom stereocenters. The zero-order valence-corrected chi connectivity index (χ0v) is 9.60. The Kier molecular flexibility index (Phi) is 3.84. The molecule has 1 atom stereocenters. The molecule has 0 fully saturated rings. The quantitative estimate of drug-likeness (QED) is 0.811. The van der Waals surface area contributed by atoms with Gasteiger partial charge in [-0.2, -0.15) is 0 Å². The van der Waals surface area contributed by atoms with Gasteiger partial charge in [0.1, 0.15) is 16.9 Å². The molecule has 1 aromatic rings. The molecule has 1 amide bonds. The topological polar surface area (TPSA) is 70.5 Å². The zero-order chi connectivity index (χ0) is 12.3. The number of carboxylic acid groups (broad SMARTS) is 1. The van der Waals surface area contributed by atoms with Crippen molar-refractivity contribution in [2.75, 3.05) is 7.05 Å². The molecule has 1 rings (SSSR count). The molecule has 5 nitrogen and oxygen atoms in total. The number of aliphatic carboxylic acids is 1. The summed E-state index contributed by atoms with van der Waals surface area (Å²) in [4.78, 5) is 27.4. The highest BCUT2D eigenvalue weighted by atomic mass is 35.5. The van der Waals surface area contributed by atoms with Gasteiger partial charge in [0.2, 0.25) is 0 Å². The van der Waals surface area contributed by atoms with Crippen molar-refractivity contribution in [2.45, 2.75) is 13.0 Å². The van der Waals surface area contributed by atoms with Crippen LogP contribution < -0.4 is 0 Å². The van der Waals surface area contributed by atoms with Gasteiger partial charge < -0.3 is 10.0 Å². The molecule has 86 valence electrons. The third kappa shape index (κ3) is 2.70. The van der Waals surface area contributed by atoms with Crippen molar-refractivity contribution >= 4 is 23.5 Å². The minimum Gasteiger partial charge on any atom is -0.480 e. The molecule has 0 aliphatic carbocycles. The maximum atomic E-state index is 11.8. The van der Waals surface area contributed by atoms with Crippen LogP contribution in [0.1, 0.15) is 17.4 Å². The van der Waals surface area contributed by atoms with Gasteiger partial charge >= 0.3 is 5.97 Å². The summed E-state index contributed by atoms with van der Waals surface area (Å²) in [5.41, 5.74) is 0.128. The summed E-state index contributed by atoms with van der Waals surface area (Å²) >= 11 is 5.64. The lowest BCUT2D eigenvalue weighted by atomic mass is 10.2. The van der Waals surface area contributed by atoms with E-state index in [0.29, 0.717) is 0 Å². The first kappa shape index (κ1) is 12.4. The second-order valence-corrected chi connectivity index (χ2v) is 3.66. The van der Waals surface area contributed by atoms with Crippen LogP contribution in [0.2, 0.25) is 5.15 Å². The Bertz CT molecular complexity index is 422. The number of nitrogens with zero attached hydrogens (tertiary/aromatic N) is 2. The lowest BCUT2D eigenvalue weighted by Crippen LogP contribution is -2.40. The lowest BCUT2D eigenvalue weighted by Gasteiger charge is -2.20. The number of hydrogen-bond acceptors (Lipinski definition) is 3. The van der Waals surface area contributed by atoms with Gasteiger partial charge in [0, 0.05) is 7.05 Å². The van der Waals surface area contributed by atoms with E-state index in [4.69, 9.17) is 16.7 Å². The van der Waals surface area contributed by atoms with Crippen molar-refractivity contribution in [3.05, 3.63) is 29.0 Å². The minimum atomic E-state index is -1.07. The van der Waals surface area contributed by atoms with Crippen LogP contribution in [0, 0.1) is 0 Å². The number of carbonyl (C=O) groups excluding carboxylic acids is 1. The summed E-state index contributed by atoms with van der Waals surface area (Å²) < 4.78 is 0. The van der Waals surface area contributed by atoms with Crippen LogP contribution in [-0.2, 0) is 4.79 Å². The van der Waals surface area contributed by atoms with Gasteiger partial charge in [-0.1, -0.05) is 17.7 Å². The normalized spacial score (nSPS) is 11.9. The molecule has 0 aliphatic rings. The van der Waals surface area contributed by atoms with E-state index in [9.17, 15) is 9.59 Å². The molecule has 0 bridgehead atoms. The third-order valence-electron chi connectivity index (χ3n) is 2.19. The lowest BCUT2D eigenvalue weighted by molar-refractivity contribution is -0.141. The predicted molar refractivity (Wildman–Crippen MR) is 58.4 cm³/mol. The van der Waals surface area contributed by atoms with Crippen LogP contribution in [0.4, 0.5) is 0 Å². The maximum absolute atomic E-state index is 11.8. The Morgan fingerprint density at radius 2 is 2.12 bits per heavy atom. The van der Waals surface area contributed by atoms with E-state index >= 15 is 0 Å². The SMILES string of the molecule is CC(C(=O)O)N(C)C(=O)c1cccc(Cl)n1. The van der Waals surface area contributed by atoms with Crippen LogP contribution in [0.15, 0.2) is 18.2 Å². The Labute approximate surface area is 97.7 Å². The average Bonchev–Trinajstić information content (AvgIpc) is 2.26. The number of amides is 1. The van der Waals surface area contributed by atoms with Gasteiger partial charge in [-0.25, -0.2) is 9.78 Å². The Morgan fingerprint density at radius 1 is 1.50 bits per heavy atom. The molecule has 1 aromatic heterocycles. The summed E-state index contributed by atoms with van der Waals surface area (Å²) in [7, 11) is 1.41. The number of rotatable bonds is 3. The molecular weight excluding hydrogens is 232 g/mol. The van der Waals surface area contributed by atoms with Crippen molar-refractivity contribution < 1.29 is 14.7 Å². The van der Waals surface area contributed by atoms with Crippen molar-refractivity contribution in [1.29, 1.82) is 0 Å².